The van der Waals surface area contributed by atoms with Crippen LogP contribution in [-0.4, -0.2) is 29.4 Å². The molecule has 29 heavy (non-hydrogen) atoms. The zero-order valence-corrected chi connectivity index (χ0v) is 20.0. The molecule has 0 fully saturated rings. The number of hydrogen-bond donors (Lipinski definition) is 0. The molecule has 1 heterocycles. The largest absolute Gasteiger partial charge is 0.623 e. The van der Waals surface area contributed by atoms with Crippen molar-refractivity contribution in [3.63, 3.8) is 0 Å². The average molecular weight is 436 g/mol. The maximum absolute atomic E-state index is 13.6. The highest BCUT2D eigenvalue weighted by atomic mass is 31.2. The SMILES string of the molecule is CCCCC(CC)COOP(=O)(OOCC(CC)CCCC)C1(C)CCC=[N+]1[O-]. The normalized spacial score (nSPS) is 23.6. The molecule has 0 spiro atoms. The van der Waals surface area contributed by atoms with E-state index in [1.807, 2.05) is 0 Å². The van der Waals surface area contributed by atoms with Crippen LogP contribution in [0.1, 0.15) is 98.8 Å². The first-order valence-electron chi connectivity index (χ1n) is 11.4. The van der Waals surface area contributed by atoms with Crippen LogP contribution in [0.25, 0.3) is 0 Å². The fourth-order valence-electron chi connectivity index (χ4n) is 3.38. The van der Waals surface area contributed by atoms with E-state index in [1.54, 1.807) is 6.92 Å². The molecule has 3 atom stereocenters. The Kier molecular flexibility index (Phi) is 12.6. The molecule has 8 heteroatoms. The van der Waals surface area contributed by atoms with Crippen LogP contribution >= 0.6 is 7.60 Å². The topological polar surface area (TPSA) is 80.1 Å². The minimum atomic E-state index is -3.98. The van der Waals surface area contributed by atoms with E-state index in [4.69, 9.17) is 19.1 Å². The van der Waals surface area contributed by atoms with Crippen LogP contribution < -0.4 is 0 Å². The Hall–Kier alpha value is -0.460. The second-order valence-electron chi connectivity index (χ2n) is 8.31. The monoisotopic (exact) mass is 435 g/mol. The molecule has 172 valence electrons. The van der Waals surface area contributed by atoms with Crippen molar-refractivity contribution in [1.29, 1.82) is 0 Å². The maximum Gasteiger partial charge on any atom is 0.455 e. The third-order valence-electron chi connectivity index (χ3n) is 5.97. The van der Waals surface area contributed by atoms with Crippen LogP contribution in [0.15, 0.2) is 0 Å². The molecule has 1 rings (SSSR count). The quantitative estimate of drug-likeness (QED) is 0.0842. The van der Waals surface area contributed by atoms with E-state index in [0.717, 1.165) is 51.4 Å². The summed E-state index contributed by atoms with van der Waals surface area (Å²) in [4.78, 5) is 10.8. The van der Waals surface area contributed by atoms with Crippen molar-refractivity contribution in [3.8, 4) is 0 Å². The molecule has 0 bridgehead atoms. The number of hydroxylamine groups is 1. The molecule has 1 aliphatic rings. The van der Waals surface area contributed by atoms with Crippen molar-refractivity contribution in [2.24, 2.45) is 11.8 Å². The Morgan fingerprint density at radius 2 is 1.48 bits per heavy atom. The molecule has 0 saturated carbocycles. The second-order valence-corrected chi connectivity index (χ2v) is 10.6. The third-order valence-corrected chi connectivity index (χ3v) is 8.18. The van der Waals surface area contributed by atoms with Gasteiger partial charge in [0, 0.05) is 19.8 Å². The molecule has 0 aromatic heterocycles. The third kappa shape index (κ3) is 7.95. The zero-order valence-electron chi connectivity index (χ0n) is 19.1. The Bertz CT molecular complexity index is 503. The van der Waals surface area contributed by atoms with Crippen LogP contribution in [0.4, 0.5) is 0 Å². The minimum Gasteiger partial charge on any atom is -0.623 e. The van der Waals surface area contributed by atoms with E-state index in [9.17, 15) is 9.77 Å². The van der Waals surface area contributed by atoms with Gasteiger partial charge in [-0.25, -0.2) is 14.3 Å². The van der Waals surface area contributed by atoms with Crippen LogP contribution in [0.3, 0.4) is 0 Å². The Morgan fingerprint density at radius 3 is 1.83 bits per heavy atom. The molecular weight excluding hydrogens is 393 g/mol. The smallest absolute Gasteiger partial charge is 0.455 e. The highest BCUT2D eigenvalue weighted by Gasteiger charge is 2.59. The van der Waals surface area contributed by atoms with Crippen LogP contribution in [-0.2, 0) is 23.7 Å². The zero-order chi connectivity index (χ0) is 21.8. The fourth-order valence-corrected chi connectivity index (χ4v) is 4.85. The number of nitrogens with zero attached hydrogens (tertiary/aromatic N) is 1. The van der Waals surface area contributed by atoms with Gasteiger partial charge in [-0.2, -0.15) is 4.74 Å². The Morgan fingerprint density at radius 1 is 1.00 bits per heavy atom. The Labute approximate surface area is 177 Å². The molecule has 3 unspecified atom stereocenters. The summed E-state index contributed by atoms with van der Waals surface area (Å²) in [6.07, 6.45) is 10.7. The van der Waals surface area contributed by atoms with Gasteiger partial charge in [-0.05, 0) is 24.7 Å². The van der Waals surface area contributed by atoms with Crippen molar-refractivity contribution in [2.45, 2.75) is 104 Å². The predicted molar refractivity (Wildman–Crippen MR) is 116 cm³/mol. The first-order chi connectivity index (χ1) is 13.9. The van der Waals surface area contributed by atoms with Gasteiger partial charge in [0.2, 0.25) is 0 Å². The van der Waals surface area contributed by atoms with Gasteiger partial charge in [0.25, 0.3) is 5.28 Å². The molecule has 0 amide bonds. The molecular formula is C21H42NO6P. The lowest BCUT2D eigenvalue weighted by atomic mass is 10.0. The summed E-state index contributed by atoms with van der Waals surface area (Å²) in [5, 5.41) is 11.0. The maximum atomic E-state index is 13.6. The van der Waals surface area contributed by atoms with Crippen molar-refractivity contribution in [2.75, 3.05) is 13.2 Å². The van der Waals surface area contributed by atoms with Gasteiger partial charge in [-0.15, -0.1) is 9.35 Å². The van der Waals surface area contributed by atoms with Crippen molar-refractivity contribution in [1.82, 2.24) is 0 Å². The highest BCUT2D eigenvalue weighted by molar-refractivity contribution is 7.55. The van der Waals surface area contributed by atoms with Crippen LogP contribution in [0.2, 0.25) is 0 Å². The van der Waals surface area contributed by atoms with Crippen molar-refractivity contribution in [3.05, 3.63) is 5.21 Å². The molecule has 0 saturated heterocycles. The van der Waals surface area contributed by atoms with Crippen molar-refractivity contribution >= 4 is 13.8 Å². The van der Waals surface area contributed by atoms with E-state index >= 15 is 0 Å². The molecule has 0 aliphatic carbocycles. The molecule has 0 radical (unpaired) electrons. The molecule has 1 aliphatic heterocycles. The first kappa shape index (κ1) is 26.6. The van der Waals surface area contributed by atoms with Gasteiger partial charge in [-0.3, -0.25) is 0 Å². The summed E-state index contributed by atoms with van der Waals surface area (Å²) in [6.45, 7) is 10.7. The van der Waals surface area contributed by atoms with E-state index in [1.165, 1.54) is 6.21 Å². The lowest BCUT2D eigenvalue weighted by Gasteiger charge is -2.29. The number of rotatable bonds is 17. The van der Waals surface area contributed by atoms with Crippen molar-refractivity contribution < 1.29 is 28.4 Å². The van der Waals surface area contributed by atoms with Crippen LogP contribution in [0, 0.1) is 17.0 Å². The Balaban J connectivity index is 2.72. The van der Waals surface area contributed by atoms with Gasteiger partial charge >= 0.3 is 7.60 Å². The van der Waals surface area contributed by atoms with E-state index in [-0.39, 0.29) is 0 Å². The summed E-state index contributed by atoms with van der Waals surface area (Å²) in [6, 6.07) is 0. The van der Waals surface area contributed by atoms with E-state index in [0.29, 0.717) is 42.6 Å². The molecule has 0 N–H and O–H groups in total. The summed E-state index contributed by atoms with van der Waals surface area (Å²) in [7, 11) is -3.98. The van der Waals surface area contributed by atoms with Gasteiger partial charge in [0.05, 0.1) is 13.2 Å². The molecule has 7 nitrogen and oxygen atoms in total. The lowest BCUT2D eigenvalue weighted by molar-refractivity contribution is -0.512. The van der Waals surface area contributed by atoms with Gasteiger partial charge in [0.15, 0.2) is 6.21 Å². The summed E-state index contributed by atoms with van der Waals surface area (Å²) < 4.78 is 24.9. The lowest BCUT2D eigenvalue weighted by Crippen LogP contribution is -2.34. The van der Waals surface area contributed by atoms with E-state index < -0.39 is 12.9 Å². The average Bonchev–Trinajstić information content (AvgIpc) is 3.07. The summed E-state index contributed by atoms with van der Waals surface area (Å²) in [5.74, 6) is 0.628. The second kappa shape index (κ2) is 13.8. The highest BCUT2D eigenvalue weighted by Crippen LogP contribution is 2.63. The molecule has 0 aromatic carbocycles. The van der Waals surface area contributed by atoms with Crippen LogP contribution in [0.5, 0.6) is 0 Å². The minimum absolute atomic E-state index is 0.314. The molecule has 0 aromatic rings. The number of unbranched alkanes of at least 4 members (excludes halogenated alkanes) is 2. The number of hydrogen-bond acceptors (Lipinski definition) is 6. The predicted octanol–water partition coefficient (Wildman–Crippen LogP) is 6.60. The first-order valence-corrected chi connectivity index (χ1v) is 12.9. The van der Waals surface area contributed by atoms with E-state index in [2.05, 4.69) is 27.7 Å². The summed E-state index contributed by atoms with van der Waals surface area (Å²) in [5.41, 5.74) is 0. The van der Waals surface area contributed by atoms with Gasteiger partial charge in [0.1, 0.15) is 0 Å². The standard InChI is InChI=1S/C21H42NO6P/c1-6-10-13-19(8-3)17-25-27-29(24,21(5)15-12-16-22(21)23)28-26-18-20(9-4)14-11-7-2/h16,19-20H,6-15,17-18H2,1-5H3. The fraction of sp³-hybridized carbons (Fsp3) is 0.952. The van der Waals surface area contributed by atoms with Gasteiger partial charge in [-0.1, -0.05) is 66.2 Å². The summed E-state index contributed by atoms with van der Waals surface area (Å²) >= 11 is 0. The van der Waals surface area contributed by atoms with Gasteiger partial charge < -0.3 is 5.21 Å².